The van der Waals surface area contributed by atoms with Crippen LogP contribution in [0.4, 0.5) is 8.78 Å². The smallest absolute Gasteiger partial charge is 0.337 e. The van der Waals surface area contributed by atoms with Crippen molar-refractivity contribution in [3.63, 3.8) is 0 Å². The third kappa shape index (κ3) is 3.66. The zero-order chi connectivity index (χ0) is 19.6. The molecule has 27 heavy (non-hydrogen) atoms. The predicted molar refractivity (Wildman–Crippen MR) is 89.4 cm³/mol. The molecular formula is C18H13F2N3O4. The molecule has 3 aromatic rings. The third-order valence-corrected chi connectivity index (χ3v) is 3.73. The molecule has 0 spiro atoms. The first-order valence-electron chi connectivity index (χ1n) is 7.63. The van der Waals surface area contributed by atoms with Gasteiger partial charge in [0.25, 0.3) is 0 Å². The van der Waals surface area contributed by atoms with E-state index in [0.717, 1.165) is 12.1 Å². The Labute approximate surface area is 152 Å². The SMILES string of the molecule is COC(=O)c1cc(C(=O)OC)cc(-n2cc(-c3ccc(F)c(F)c3)nn2)c1. The molecule has 0 aliphatic carbocycles. The topological polar surface area (TPSA) is 83.3 Å². The monoisotopic (exact) mass is 373 g/mol. The Morgan fingerprint density at radius 1 is 0.926 bits per heavy atom. The molecule has 0 unspecified atom stereocenters. The molecule has 0 aliphatic heterocycles. The summed E-state index contributed by atoms with van der Waals surface area (Å²) in [7, 11) is 2.42. The number of methoxy groups -OCH3 is 2. The average Bonchev–Trinajstić information content (AvgIpc) is 3.18. The highest BCUT2D eigenvalue weighted by Gasteiger charge is 2.16. The Morgan fingerprint density at radius 2 is 1.56 bits per heavy atom. The summed E-state index contributed by atoms with van der Waals surface area (Å²) in [6.45, 7) is 0. The molecule has 0 saturated carbocycles. The number of esters is 2. The lowest BCUT2D eigenvalue weighted by Crippen LogP contribution is -2.09. The van der Waals surface area contributed by atoms with Crippen molar-refractivity contribution in [2.24, 2.45) is 0 Å². The number of benzene rings is 2. The van der Waals surface area contributed by atoms with Gasteiger partial charge in [0.2, 0.25) is 0 Å². The van der Waals surface area contributed by atoms with Gasteiger partial charge in [0.1, 0.15) is 5.69 Å². The Hall–Kier alpha value is -3.62. The van der Waals surface area contributed by atoms with Crippen LogP contribution in [0.5, 0.6) is 0 Å². The molecule has 0 amide bonds. The summed E-state index contributed by atoms with van der Waals surface area (Å²) in [5.74, 6) is -3.28. The minimum Gasteiger partial charge on any atom is -0.465 e. The van der Waals surface area contributed by atoms with Gasteiger partial charge >= 0.3 is 11.9 Å². The van der Waals surface area contributed by atoms with Gasteiger partial charge in [-0.15, -0.1) is 5.10 Å². The van der Waals surface area contributed by atoms with Crippen molar-refractivity contribution in [2.45, 2.75) is 0 Å². The number of nitrogens with zero attached hydrogens (tertiary/aromatic N) is 3. The van der Waals surface area contributed by atoms with E-state index in [1.54, 1.807) is 0 Å². The van der Waals surface area contributed by atoms with Crippen LogP contribution >= 0.6 is 0 Å². The van der Waals surface area contributed by atoms with Gasteiger partial charge < -0.3 is 9.47 Å². The molecule has 2 aromatic carbocycles. The molecule has 0 atom stereocenters. The summed E-state index contributed by atoms with van der Waals surface area (Å²) >= 11 is 0. The number of ether oxygens (including phenoxy) is 2. The fraction of sp³-hybridized carbons (Fsp3) is 0.111. The minimum absolute atomic E-state index is 0.111. The summed E-state index contributed by atoms with van der Waals surface area (Å²) in [6, 6.07) is 7.56. The first-order chi connectivity index (χ1) is 12.9. The van der Waals surface area contributed by atoms with E-state index in [0.29, 0.717) is 11.3 Å². The second-order valence-electron chi connectivity index (χ2n) is 5.43. The highest BCUT2D eigenvalue weighted by Crippen LogP contribution is 2.21. The maximum atomic E-state index is 13.4. The van der Waals surface area contributed by atoms with E-state index in [-0.39, 0.29) is 16.8 Å². The van der Waals surface area contributed by atoms with Crippen molar-refractivity contribution < 1.29 is 27.8 Å². The van der Waals surface area contributed by atoms with Crippen molar-refractivity contribution in [3.05, 3.63) is 65.4 Å². The molecule has 1 aromatic heterocycles. The van der Waals surface area contributed by atoms with Crippen LogP contribution in [-0.2, 0) is 9.47 Å². The van der Waals surface area contributed by atoms with Crippen LogP contribution in [0, 0.1) is 11.6 Å². The molecule has 9 heteroatoms. The number of carbonyl (C=O) groups excluding carboxylic acids is 2. The van der Waals surface area contributed by atoms with E-state index < -0.39 is 23.6 Å². The van der Waals surface area contributed by atoms with Crippen molar-refractivity contribution in [3.8, 4) is 16.9 Å². The molecular weight excluding hydrogens is 360 g/mol. The van der Waals surface area contributed by atoms with E-state index in [9.17, 15) is 18.4 Å². The highest BCUT2D eigenvalue weighted by molar-refractivity contribution is 5.96. The first-order valence-corrected chi connectivity index (χ1v) is 7.63. The van der Waals surface area contributed by atoms with Crippen LogP contribution in [0.25, 0.3) is 16.9 Å². The zero-order valence-electron chi connectivity index (χ0n) is 14.3. The van der Waals surface area contributed by atoms with E-state index >= 15 is 0 Å². The molecule has 1 heterocycles. The quantitative estimate of drug-likeness (QED) is 0.654. The van der Waals surface area contributed by atoms with Gasteiger partial charge in [0, 0.05) is 5.56 Å². The van der Waals surface area contributed by atoms with Crippen LogP contribution in [0.15, 0.2) is 42.6 Å². The number of rotatable bonds is 4. The fourth-order valence-corrected chi connectivity index (χ4v) is 2.39. The molecule has 0 aliphatic rings. The van der Waals surface area contributed by atoms with Gasteiger partial charge in [0.15, 0.2) is 11.6 Å². The van der Waals surface area contributed by atoms with E-state index in [2.05, 4.69) is 19.8 Å². The minimum atomic E-state index is -1.01. The van der Waals surface area contributed by atoms with E-state index in [1.807, 2.05) is 0 Å². The lowest BCUT2D eigenvalue weighted by atomic mass is 10.1. The van der Waals surface area contributed by atoms with Gasteiger partial charge in [-0.2, -0.15) is 0 Å². The Bertz CT molecular complexity index is 999. The van der Waals surface area contributed by atoms with Gasteiger partial charge in [-0.05, 0) is 36.4 Å². The van der Waals surface area contributed by atoms with Crippen molar-refractivity contribution >= 4 is 11.9 Å². The highest BCUT2D eigenvalue weighted by atomic mass is 19.2. The molecule has 3 rings (SSSR count). The van der Waals surface area contributed by atoms with E-state index in [4.69, 9.17) is 0 Å². The standard InChI is InChI=1S/C18H13F2N3O4/c1-26-17(24)11-5-12(18(25)27-2)7-13(6-11)23-9-16(21-22-23)10-3-4-14(19)15(20)8-10/h3-9H,1-2H3. The summed E-state index contributed by atoms with van der Waals surface area (Å²) in [4.78, 5) is 23.7. The molecule has 0 fully saturated rings. The molecule has 0 radical (unpaired) electrons. The number of hydrogen-bond donors (Lipinski definition) is 0. The summed E-state index contributed by atoms with van der Waals surface area (Å²) in [5, 5.41) is 7.83. The fourth-order valence-electron chi connectivity index (χ4n) is 2.39. The molecule has 0 bridgehead atoms. The molecule has 7 nitrogen and oxygen atoms in total. The Morgan fingerprint density at radius 3 is 2.11 bits per heavy atom. The van der Waals surface area contributed by atoms with Gasteiger partial charge in [0.05, 0.1) is 37.2 Å². The normalized spacial score (nSPS) is 10.5. The molecule has 0 N–H and O–H groups in total. The van der Waals surface area contributed by atoms with Crippen LogP contribution in [0.1, 0.15) is 20.7 Å². The van der Waals surface area contributed by atoms with Gasteiger partial charge in [-0.1, -0.05) is 5.21 Å². The first kappa shape index (κ1) is 18.2. The Kier molecular flexibility index (Phi) is 4.93. The predicted octanol–water partition coefficient (Wildman–Crippen LogP) is 2.79. The molecule has 0 saturated heterocycles. The summed E-state index contributed by atoms with van der Waals surface area (Å²) in [6.07, 6.45) is 1.45. The van der Waals surface area contributed by atoms with Crippen LogP contribution < -0.4 is 0 Å². The second-order valence-corrected chi connectivity index (χ2v) is 5.43. The number of halogens is 2. The summed E-state index contributed by atoms with van der Waals surface area (Å²) < 4.78 is 37.2. The van der Waals surface area contributed by atoms with E-state index in [1.165, 1.54) is 49.4 Å². The second kappa shape index (κ2) is 7.32. The largest absolute Gasteiger partial charge is 0.465 e. The maximum absolute atomic E-state index is 13.4. The number of hydrogen-bond acceptors (Lipinski definition) is 6. The van der Waals surface area contributed by atoms with Crippen LogP contribution in [0.2, 0.25) is 0 Å². The molecule has 138 valence electrons. The summed E-state index contributed by atoms with van der Waals surface area (Å²) in [5.41, 5.74) is 1.15. The van der Waals surface area contributed by atoms with Crippen LogP contribution in [-0.4, -0.2) is 41.2 Å². The van der Waals surface area contributed by atoms with Gasteiger partial charge in [-0.3, -0.25) is 0 Å². The average molecular weight is 373 g/mol. The Balaban J connectivity index is 2.05. The lowest BCUT2D eigenvalue weighted by Gasteiger charge is -2.07. The lowest BCUT2D eigenvalue weighted by molar-refractivity contribution is 0.0599. The zero-order valence-corrected chi connectivity index (χ0v) is 14.3. The number of aromatic nitrogens is 3. The van der Waals surface area contributed by atoms with Crippen molar-refractivity contribution in [2.75, 3.05) is 14.2 Å². The van der Waals surface area contributed by atoms with Gasteiger partial charge in [-0.25, -0.2) is 23.1 Å². The number of carbonyl (C=O) groups is 2. The van der Waals surface area contributed by atoms with Crippen molar-refractivity contribution in [1.82, 2.24) is 15.0 Å². The maximum Gasteiger partial charge on any atom is 0.337 e. The van der Waals surface area contributed by atoms with Crippen LogP contribution in [0.3, 0.4) is 0 Å². The third-order valence-electron chi connectivity index (χ3n) is 3.73. The van der Waals surface area contributed by atoms with Crippen molar-refractivity contribution in [1.29, 1.82) is 0 Å².